The summed E-state index contributed by atoms with van der Waals surface area (Å²) in [7, 11) is 0. The minimum atomic E-state index is -0.114. The van der Waals surface area contributed by atoms with Crippen LogP contribution in [0.25, 0.3) is 0 Å². The van der Waals surface area contributed by atoms with E-state index in [2.05, 4.69) is 38.8 Å². The topological polar surface area (TPSA) is 0 Å². The van der Waals surface area contributed by atoms with Crippen LogP contribution in [-0.2, 0) is 6.42 Å². The highest BCUT2D eigenvalue weighted by Crippen LogP contribution is 2.18. The van der Waals surface area contributed by atoms with Crippen molar-refractivity contribution >= 4 is 31.9 Å². The number of rotatable bonds is 3. The van der Waals surface area contributed by atoms with E-state index in [9.17, 15) is 4.39 Å². The molecule has 0 bridgehead atoms. The smallest absolute Gasteiger partial charge is 0.126 e. The summed E-state index contributed by atoms with van der Waals surface area (Å²) in [5, 5.41) is 0. The Kier molecular flexibility index (Phi) is 4.39. The third kappa shape index (κ3) is 3.77. The van der Waals surface area contributed by atoms with E-state index in [0.717, 1.165) is 22.9 Å². The number of hydrogen-bond donors (Lipinski definition) is 0. The highest BCUT2D eigenvalue weighted by atomic mass is 79.9. The van der Waals surface area contributed by atoms with Gasteiger partial charge in [0.1, 0.15) is 5.82 Å². The maximum Gasteiger partial charge on any atom is 0.126 e. The van der Waals surface area contributed by atoms with E-state index >= 15 is 0 Å². The molecule has 0 aliphatic heterocycles. The van der Waals surface area contributed by atoms with Crippen LogP contribution < -0.4 is 0 Å². The van der Waals surface area contributed by atoms with Gasteiger partial charge in [-0.1, -0.05) is 38.8 Å². The van der Waals surface area contributed by atoms with E-state index in [4.69, 9.17) is 0 Å². The van der Waals surface area contributed by atoms with Crippen LogP contribution in [0.15, 0.2) is 22.7 Å². The van der Waals surface area contributed by atoms with Gasteiger partial charge in [0.05, 0.1) is 0 Å². The minimum absolute atomic E-state index is 0.114. The SMILES string of the molecule is CC(Br)CCc1cc(Br)ccc1F. The second kappa shape index (κ2) is 5.11. The van der Waals surface area contributed by atoms with Gasteiger partial charge in [0.25, 0.3) is 0 Å². The molecule has 1 aromatic carbocycles. The first-order valence-electron chi connectivity index (χ1n) is 4.17. The van der Waals surface area contributed by atoms with Crippen molar-refractivity contribution in [1.29, 1.82) is 0 Å². The zero-order valence-electron chi connectivity index (χ0n) is 7.36. The van der Waals surface area contributed by atoms with Crippen molar-refractivity contribution in [3.63, 3.8) is 0 Å². The van der Waals surface area contributed by atoms with Gasteiger partial charge in [0, 0.05) is 9.30 Å². The van der Waals surface area contributed by atoms with Crippen molar-refractivity contribution in [3.05, 3.63) is 34.1 Å². The number of benzene rings is 1. The first-order chi connectivity index (χ1) is 6.09. The molecule has 0 aromatic heterocycles. The fourth-order valence-electron chi connectivity index (χ4n) is 1.09. The predicted molar refractivity (Wildman–Crippen MR) is 60.8 cm³/mol. The summed E-state index contributed by atoms with van der Waals surface area (Å²) in [6.45, 7) is 2.07. The standard InChI is InChI=1S/C10H11Br2F/c1-7(11)2-3-8-6-9(12)4-5-10(8)13/h4-7H,2-3H2,1H3. The van der Waals surface area contributed by atoms with Crippen molar-refractivity contribution in [3.8, 4) is 0 Å². The summed E-state index contributed by atoms with van der Waals surface area (Å²) in [5.41, 5.74) is 0.778. The largest absolute Gasteiger partial charge is 0.207 e. The molecule has 1 unspecified atom stereocenters. The zero-order valence-corrected chi connectivity index (χ0v) is 10.5. The van der Waals surface area contributed by atoms with Crippen LogP contribution >= 0.6 is 31.9 Å². The molecule has 1 aromatic rings. The van der Waals surface area contributed by atoms with Crippen molar-refractivity contribution in [1.82, 2.24) is 0 Å². The second-order valence-electron chi connectivity index (χ2n) is 3.06. The predicted octanol–water partition coefficient (Wildman–Crippen LogP) is 4.30. The van der Waals surface area contributed by atoms with E-state index in [1.54, 1.807) is 6.07 Å². The van der Waals surface area contributed by atoms with E-state index < -0.39 is 0 Å². The summed E-state index contributed by atoms with van der Waals surface area (Å²) in [6.07, 6.45) is 1.73. The molecular weight excluding hydrogens is 299 g/mol. The van der Waals surface area contributed by atoms with Crippen LogP contribution in [0.4, 0.5) is 4.39 Å². The highest BCUT2D eigenvalue weighted by Gasteiger charge is 2.04. The minimum Gasteiger partial charge on any atom is -0.207 e. The quantitative estimate of drug-likeness (QED) is 0.730. The van der Waals surface area contributed by atoms with Gasteiger partial charge in [-0.15, -0.1) is 0 Å². The lowest BCUT2D eigenvalue weighted by atomic mass is 10.1. The van der Waals surface area contributed by atoms with Crippen molar-refractivity contribution in [2.45, 2.75) is 24.6 Å². The molecule has 0 aliphatic carbocycles. The van der Waals surface area contributed by atoms with Gasteiger partial charge in [-0.25, -0.2) is 4.39 Å². The molecule has 1 atom stereocenters. The van der Waals surface area contributed by atoms with Gasteiger partial charge in [0.2, 0.25) is 0 Å². The van der Waals surface area contributed by atoms with Crippen LogP contribution in [0.3, 0.4) is 0 Å². The fraction of sp³-hybridized carbons (Fsp3) is 0.400. The fourth-order valence-corrected chi connectivity index (χ4v) is 1.73. The molecule has 13 heavy (non-hydrogen) atoms. The summed E-state index contributed by atoms with van der Waals surface area (Å²) in [5.74, 6) is -0.114. The van der Waals surface area contributed by atoms with Crippen molar-refractivity contribution in [2.75, 3.05) is 0 Å². The lowest BCUT2D eigenvalue weighted by Gasteiger charge is -2.05. The Hall–Kier alpha value is 0.110. The third-order valence-corrected chi connectivity index (χ3v) is 2.77. The lowest BCUT2D eigenvalue weighted by molar-refractivity contribution is 0.604. The molecule has 72 valence electrons. The van der Waals surface area contributed by atoms with Gasteiger partial charge in [-0.3, -0.25) is 0 Å². The number of halogens is 3. The molecule has 3 heteroatoms. The molecule has 0 saturated heterocycles. The Morgan fingerprint density at radius 1 is 1.46 bits per heavy atom. The Labute approximate surface area is 94.8 Å². The van der Waals surface area contributed by atoms with Gasteiger partial charge in [-0.05, 0) is 36.6 Å². The average Bonchev–Trinajstić information content (AvgIpc) is 2.06. The zero-order chi connectivity index (χ0) is 9.84. The first kappa shape index (κ1) is 11.2. The van der Waals surface area contributed by atoms with Crippen LogP contribution in [0.5, 0.6) is 0 Å². The molecule has 0 fully saturated rings. The Balaban J connectivity index is 2.70. The number of hydrogen-bond acceptors (Lipinski definition) is 0. The van der Waals surface area contributed by atoms with Crippen molar-refractivity contribution < 1.29 is 4.39 Å². The van der Waals surface area contributed by atoms with Crippen LogP contribution in [0, 0.1) is 5.82 Å². The third-order valence-electron chi connectivity index (χ3n) is 1.82. The second-order valence-corrected chi connectivity index (χ2v) is 5.53. The summed E-state index contributed by atoms with van der Waals surface area (Å²) < 4.78 is 14.1. The average molecular weight is 310 g/mol. The summed E-state index contributed by atoms with van der Waals surface area (Å²) in [6, 6.07) is 5.05. The van der Waals surface area contributed by atoms with Gasteiger partial charge >= 0.3 is 0 Å². The van der Waals surface area contributed by atoms with E-state index in [1.807, 2.05) is 6.07 Å². The van der Waals surface area contributed by atoms with Crippen LogP contribution in [0.2, 0.25) is 0 Å². The molecule has 0 spiro atoms. The number of aryl methyl sites for hydroxylation is 1. The normalized spacial score (nSPS) is 12.9. The maximum absolute atomic E-state index is 13.2. The highest BCUT2D eigenvalue weighted by molar-refractivity contribution is 9.10. The molecule has 0 saturated carbocycles. The first-order valence-corrected chi connectivity index (χ1v) is 5.88. The molecule has 0 N–H and O–H groups in total. The van der Waals surface area contributed by atoms with E-state index in [1.165, 1.54) is 6.07 Å². The van der Waals surface area contributed by atoms with Gasteiger partial charge in [0.15, 0.2) is 0 Å². The van der Waals surface area contributed by atoms with Crippen molar-refractivity contribution in [2.24, 2.45) is 0 Å². The Morgan fingerprint density at radius 3 is 2.77 bits per heavy atom. The monoisotopic (exact) mass is 308 g/mol. The van der Waals surface area contributed by atoms with Gasteiger partial charge < -0.3 is 0 Å². The summed E-state index contributed by atoms with van der Waals surface area (Å²) in [4.78, 5) is 0.436. The van der Waals surface area contributed by atoms with Crippen LogP contribution in [0.1, 0.15) is 18.9 Å². The molecular formula is C10H11Br2F. The van der Waals surface area contributed by atoms with E-state index in [0.29, 0.717) is 4.83 Å². The Morgan fingerprint density at radius 2 is 2.15 bits per heavy atom. The van der Waals surface area contributed by atoms with E-state index in [-0.39, 0.29) is 5.82 Å². The Bertz CT molecular complexity index is 284. The molecule has 0 nitrogen and oxygen atoms in total. The maximum atomic E-state index is 13.2. The molecule has 1 rings (SSSR count). The molecule has 0 amide bonds. The summed E-state index contributed by atoms with van der Waals surface area (Å²) >= 11 is 6.77. The molecule has 0 radical (unpaired) electrons. The van der Waals surface area contributed by atoms with Crippen LogP contribution in [-0.4, -0.2) is 4.83 Å². The van der Waals surface area contributed by atoms with Gasteiger partial charge in [-0.2, -0.15) is 0 Å². The lowest BCUT2D eigenvalue weighted by Crippen LogP contribution is -1.96. The molecule has 0 heterocycles. The number of alkyl halides is 1. The molecule has 0 aliphatic rings.